The van der Waals surface area contributed by atoms with Crippen LogP contribution in [0.3, 0.4) is 0 Å². The number of hydrogen-bond donors (Lipinski definition) is 1. The first-order chi connectivity index (χ1) is 8.69. The van der Waals surface area contributed by atoms with Gasteiger partial charge in [-0.3, -0.25) is 0 Å². The Morgan fingerprint density at radius 3 is 2.61 bits per heavy atom. The highest BCUT2D eigenvalue weighted by Crippen LogP contribution is 2.45. The van der Waals surface area contributed by atoms with Crippen LogP contribution in [0.1, 0.15) is 33.6 Å². The predicted octanol–water partition coefficient (Wildman–Crippen LogP) is 1.83. The average molecular weight is 259 g/mol. The molecule has 1 aliphatic rings. The Kier molecular flexibility index (Phi) is 7.15. The zero-order chi connectivity index (χ0) is 13.4. The minimum absolute atomic E-state index is 0.280. The van der Waals surface area contributed by atoms with E-state index >= 15 is 0 Å². The van der Waals surface area contributed by atoms with E-state index in [0.717, 1.165) is 32.6 Å². The smallest absolute Gasteiger partial charge is 0.0700 e. The number of methoxy groups -OCH3 is 1. The van der Waals surface area contributed by atoms with Crippen molar-refractivity contribution in [1.82, 2.24) is 5.32 Å². The van der Waals surface area contributed by atoms with Gasteiger partial charge in [0, 0.05) is 31.7 Å². The monoisotopic (exact) mass is 259 g/mol. The average Bonchev–Trinajstić information content (AvgIpc) is 2.39. The second kappa shape index (κ2) is 8.10. The predicted molar refractivity (Wildman–Crippen MR) is 72.9 cm³/mol. The molecule has 0 heterocycles. The van der Waals surface area contributed by atoms with E-state index in [1.54, 1.807) is 7.11 Å². The first-order valence-electron chi connectivity index (χ1n) is 7.10. The summed E-state index contributed by atoms with van der Waals surface area (Å²) in [5.41, 5.74) is 0.280. The molecule has 0 aromatic heterocycles. The molecular formula is C14H29NO3. The van der Waals surface area contributed by atoms with Crippen molar-refractivity contribution in [3.05, 3.63) is 0 Å². The third kappa shape index (κ3) is 3.92. The van der Waals surface area contributed by atoms with Gasteiger partial charge in [0.25, 0.3) is 0 Å². The summed E-state index contributed by atoms with van der Waals surface area (Å²) in [6, 6.07) is 0.560. The second-order valence-electron chi connectivity index (χ2n) is 5.15. The van der Waals surface area contributed by atoms with Crippen LogP contribution in [0.4, 0.5) is 0 Å². The van der Waals surface area contributed by atoms with Crippen molar-refractivity contribution in [3.63, 3.8) is 0 Å². The maximum Gasteiger partial charge on any atom is 0.0700 e. The molecule has 1 aliphatic carbocycles. The van der Waals surface area contributed by atoms with Gasteiger partial charge in [-0.05, 0) is 19.8 Å². The fraction of sp³-hybridized carbons (Fsp3) is 1.00. The fourth-order valence-corrected chi connectivity index (χ4v) is 2.62. The van der Waals surface area contributed by atoms with Gasteiger partial charge in [-0.15, -0.1) is 0 Å². The van der Waals surface area contributed by atoms with E-state index in [4.69, 9.17) is 14.2 Å². The van der Waals surface area contributed by atoms with Gasteiger partial charge in [-0.2, -0.15) is 0 Å². The van der Waals surface area contributed by atoms with Gasteiger partial charge in [-0.25, -0.2) is 0 Å². The first-order valence-corrected chi connectivity index (χ1v) is 7.10. The third-order valence-corrected chi connectivity index (χ3v) is 4.18. The molecule has 4 nitrogen and oxygen atoms in total. The Hall–Kier alpha value is -0.160. The molecule has 0 aromatic rings. The zero-order valence-corrected chi connectivity index (χ0v) is 12.3. The minimum Gasteiger partial charge on any atom is -0.382 e. The molecule has 4 heteroatoms. The molecule has 0 aliphatic heterocycles. The Morgan fingerprint density at radius 2 is 2.00 bits per heavy atom. The normalized spacial score (nSPS) is 31.3. The first kappa shape index (κ1) is 15.9. The molecule has 108 valence electrons. The van der Waals surface area contributed by atoms with E-state index < -0.39 is 0 Å². The summed E-state index contributed by atoms with van der Waals surface area (Å²) >= 11 is 0. The highest BCUT2D eigenvalue weighted by molar-refractivity contribution is 5.04. The van der Waals surface area contributed by atoms with Crippen LogP contribution in [-0.4, -0.2) is 52.2 Å². The van der Waals surface area contributed by atoms with Crippen molar-refractivity contribution in [2.45, 2.75) is 45.8 Å². The Morgan fingerprint density at radius 1 is 1.22 bits per heavy atom. The lowest BCUT2D eigenvalue weighted by atomic mass is 9.61. The zero-order valence-electron chi connectivity index (χ0n) is 12.3. The van der Waals surface area contributed by atoms with Crippen LogP contribution in [0, 0.1) is 5.41 Å². The van der Waals surface area contributed by atoms with Crippen molar-refractivity contribution in [2.75, 3.05) is 40.1 Å². The molecule has 0 saturated heterocycles. The molecule has 1 saturated carbocycles. The standard InChI is InChI=1S/C14H29NO3/c1-5-14(3)12(11-13(14)18-6-2)15-7-8-17-10-9-16-4/h12-13,15H,5-11H2,1-4H3. The molecule has 0 radical (unpaired) electrons. The van der Waals surface area contributed by atoms with E-state index in [0.29, 0.717) is 25.4 Å². The quantitative estimate of drug-likeness (QED) is 0.608. The number of ether oxygens (including phenoxy) is 3. The van der Waals surface area contributed by atoms with Crippen molar-refractivity contribution in [1.29, 1.82) is 0 Å². The van der Waals surface area contributed by atoms with E-state index in [9.17, 15) is 0 Å². The molecule has 3 atom stereocenters. The lowest BCUT2D eigenvalue weighted by Crippen LogP contribution is -2.62. The Balaban J connectivity index is 2.15. The molecule has 1 N–H and O–H groups in total. The molecule has 1 rings (SSSR count). The van der Waals surface area contributed by atoms with Gasteiger partial charge < -0.3 is 19.5 Å². The molecule has 3 unspecified atom stereocenters. The lowest BCUT2D eigenvalue weighted by molar-refractivity contribution is -0.126. The van der Waals surface area contributed by atoms with Gasteiger partial charge in [0.05, 0.1) is 25.9 Å². The van der Waals surface area contributed by atoms with Crippen LogP contribution < -0.4 is 5.32 Å². The van der Waals surface area contributed by atoms with Crippen molar-refractivity contribution >= 4 is 0 Å². The van der Waals surface area contributed by atoms with Crippen LogP contribution in [0.5, 0.6) is 0 Å². The molecule has 0 aromatic carbocycles. The van der Waals surface area contributed by atoms with Gasteiger partial charge >= 0.3 is 0 Å². The number of rotatable bonds is 10. The SMILES string of the molecule is CCOC1CC(NCCOCCOC)C1(C)CC. The largest absolute Gasteiger partial charge is 0.382 e. The fourth-order valence-electron chi connectivity index (χ4n) is 2.62. The van der Waals surface area contributed by atoms with Gasteiger partial charge in [0.2, 0.25) is 0 Å². The minimum atomic E-state index is 0.280. The van der Waals surface area contributed by atoms with E-state index in [2.05, 4.69) is 26.1 Å². The highest BCUT2D eigenvalue weighted by atomic mass is 16.5. The van der Waals surface area contributed by atoms with Gasteiger partial charge in [0.15, 0.2) is 0 Å². The lowest BCUT2D eigenvalue weighted by Gasteiger charge is -2.53. The maximum absolute atomic E-state index is 5.79. The number of hydrogen-bond acceptors (Lipinski definition) is 4. The van der Waals surface area contributed by atoms with Gasteiger partial charge in [-0.1, -0.05) is 13.8 Å². The Labute approximate surface area is 111 Å². The molecule has 1 fully saturated rings. The molecule has 18 heavy (non-hydrogen) atoms. The van der Waals surface area contributed by atoms with Crippen molar-refractivity contribution in [2.24, 2.45) is 5.41 Å². The van der Waals surface area contributed by atoms with Crippen LogP contribution in [0.25, 0.3) is 0 Å². The van der Waals surface area contributed by atoms with E-state index in [1.165, 1.54) is 0 Å². The van der Waals surface area contributed by atoms with E-state index in [-0.39, 0.29) is 5.41 Å². The summed E-state index contributed by atoms with van der Waals surface area (Å²) in [7, 11) is 1.69. The topological polar surface area (TPSA) is 39.7 Å². The number of nitrogens with one attached hydrogen (secondary N) is 1. The van der Waals surface area contributed by atoms with Crippen LogP contribution in [-0.2, 0) is 14.2 Å². The van der Waals surface area contributed by atoms with E-state index in [1.807, 2.05) is 0 Å². The van der Waals surface area contributed by atoms with Crippen LogP contribution >= 0.6 is 0 Å². The second-order valence-corrected chi connectivity index (χ2v) is 5.15. The summed E-state index contributed by atoms with van der Waals surface area (Å²) in [5, 5.41) is 3.58. The van der Waals surface area contributed by atoms with Crippen LogP contribution in [0.2, 0.25) is 0 Å². The van der Waals surface area contributed by atoms with Crippen LogP contribution in [0.15, 0.2) is 0 Å². The Bertz CT molecular complexity index is 225. The summed E-state index contributed by atoms with van der Waals surface area (Å²) in [5.74, 6) is 0. The summed E-state index contributed by atoms with van der Waals surface area (Å²) in [4.78, 5) is 0. The van der Waals surface area contributed by atoms with Gasteiger partial charge in [0.1, 0.15) is 0 Å². The summed E-state index contributed by atoms with van der Waals surface area (Å²) in [6.45, 7) is 10.4. The molecule has 0 amide bonds. The summed E-state index contributed by atoms with van der Waals surface area (Å²) < 4.78 is 16.2. The maximum atomic E-state index is 5.79. The third-order valence-electron chi connectivity index (χ3n) is 4.18. The van der Waals surface area contributed by atoms with Crippen molar-refractivity contribution in [3.8, 4) is 0 Å². The highest BCUT2D eigenvalue weighted by Gasteiger charge is 2.50. The summed E-state index contributed by atoms with van der Waals surface area (Å²) in [6.07, 6.45) is 2.69. The molecule has 0 spiro atoms. The molecule has 0 bridgehead atoms. The molecular weight excluding hydrogens is 230 g/mol. The van der Waals surface area contributed by atoms with Crippen molar-refractivity contribution < 1.29 is 14.2 Å².